The third-order valence-corrected chi connectivity index (χ3v) is 5.83. The fourth-order valence-electron chi connectivity index (χ4n) is 4.41. The number of aliphatic hydroxyl groups is 1. The van der Waals surface area contributed by atoms with Crippen LogP contribution in [-0.2, 0) is 22.4 Å². The second kappa shape index (κ2) is 7.82. The summed E-state index contributed by atoms with van der Waals surface area (Å²) >= 11 is 0. The number of carbonyl (C=O) groups excluding carboxylic acids is 2. The first-order valence-corrected chi connectivity index (χ1v) is 10.2. The normalized spacial score (nSPS) is 20.8. The van der Waals surface area contributed by atoms with Crippen molar-refractivity contribution in [2.45, 2.75) is 45.1 Å². The highest BCUT2D eigenvalue weighted by Crippen LogP contribution is 2.40. The van der Waals surface area contributed by atoms with Crippen LogP contribution in [0.2, 0.25) is 0 Å². The first-order valence-electron chi connectivity index (χ1n) is 10.2. The molecule has 4 rings (SSSR count). The van der Waals surface area contributed by atoms with Gasteiger partial charge in [-0.25, -0.2) is 4.39 Å². The van der Waals surface area contributed by atoms with Crippen molar-refractivity contribution in [1.29, 1.82) is 0 Å². The second-order valence-corrected chi connectivity index (χ2v) is 7.70. The van der Waals surface area contributed by atoms with Crippen molar-refractivity contribution in [2.24, 2.45) is 0 Å². The number of likely N-dealkylation sites (tertiary alicyclic amines) is 1. The van der Waals surface area contributed by atoms with Gasteiger partial charge in [-0.05, 0) is 55.4 Å². The average Bonchev–Trinajstić information content (AvgIpc) is 2.98. The monoisotopic (exact) mass is 393 g/mol. The van der Waals surface area contributed by atoms with Crippen molar-refractivity contribution < 1.29 is 19.1 Å². The highest BCUT2D eigenvalue weighted by Gasteiger charge is 2.46. The molecule has 29 heavy (non-hydrogen) atoms. The van der Waals surface area contributed by atoms with E-state index in [1.807, 2.05) is 19.1 Å². The Morgan fingerprint density at radius 3 is 2.55 bits per heavy atom. The molecule has 1 N–H and O–H groups in total. The van der Waals surface area contributed by atoms with Crippen LogP contribution in [0.25, 0.3) is 5.76 Å². The van der Waals surface area contributed by atoms with Crippen LogP contribution in [0.3, 0.4) is 0 Å². The quantitative estimate of drug-likeness (QED) is 0.471. The molecule has 2 aliphatic rings. The zero-order valence-corrected chi connectivity index (χ0v) is 16.5. The maximum Gasteiger partial charge on any atom is 0.295 e. The Hall–Kier alpha value is -2.95. The van der Waals surface area contributed by atoms with Crippen molar-refractivity contribution in [3.63, 3.8) is 0 Å². The Balaban J connectivity index is 1.87. The van der Waals surface area contributed by atoms with Gasteiger partial charge in [-0.1, -0.05) is 37.3 Å². The summed E-state index contributed by atoms with van der Waals surface area (Å²) in [6.45, 7) is 2.20. The first kappa shape index (κ1) is 19.4. The number of halogens is 1. The third-order valence-electron chi connectivity index (χ3n) is 5.83. The summed E-state index contributed by atoms with van der Waals surface area (Å²) in [6, 6.07) is 10.8. The summed E-state index contributed by atoms with van der Waals surface area (Å²) in [4.78, 5) is 26.9. The number of hydrogen-bond acceptors (Lipinski definition) is 3. The summed E-state index contributed by atoms with van der Waals surface area (Å²) in [7, 11) is 0. The lowest BCUT2D eigenvalue weighted by molar-refractivity contribution is -0.139. The van der Waals surface area contributed by atoms with Crippen LogP contribution in [0, 0.1) is 5.82 Å². The smallest absolute Gasteiger partial charge is 0.295 e. The number of Topliss-reactive ketones (excluding diaryl/α,β-unsaturated/α-hetero) is 1. The van der Waals surface area contributed by atoms with E-state index in [1.54, 1.807) is 24.3 Å². The zero-order valence-electron chi connectivity index (χ0n) is 16.5. The van der Waals surface area contributed by atoms with Crippen LogP contribution in [0.1, 0.15) is 54.5 Å². The number of rotatable bonds is 4. The topological polar surface area (TPSA) is 57.6 Å². The van der Waals surface area contributed by atoms with Gasteiger partial charge in [0.05, 0.1) is 11.6 Å². The Bertz CT molecular complexity index is 1010. The number of amides is 1. The van der Waals surface area contributed by atoms with Gasteiger partial charge in [0.1, 0.15) is 11.6 Å². The molecule has 1 atom stereocenters. The van der Waals surface area contributed by atoms with Gasteiger partial charge in [0.2, 0.25) is 0 Å². The molecule has 0 bridgehead atoms. The van der Waals surface area contributed by atoms with Gasteiger partial charge in [0.15, 0.2) is 0 Å². The summed E-state index contributed by atoms with van der Waals surface area (Å²) in [5.74, 6) is -2.19. The van der Waals surface area contributed by atoms with Crippen molar-refractivity contribution in [2.75, 3.05) is 6.54 Å². The van der Waals surface area contributed by atoms with Gasteiger partial charge in [-0.15, -0.1) is 0 Å². The summed E-state index contributed by atoms with van der Waals surface area (Å²) < 4.78 is 14.6. The van der Waals surface area contributed by atoms with Crippen molar-refractivity contribution in [1.82, 2.24) is 4.90 Å². The van der Waals surface area contributed by atoms with Crippen LogP contribution in [0.5, 0.6) is 0 Å². The van der Waals surface area contributed by atoms with Gasteiger partial charge < -0.3 is 10.0 Å². The zero-order chi connectivity index (χ0) is 20.5. The van der Waals surface area contributed by atoms with E-state index in [9.17, 15) is 19.1 Å². The Morgan fingerprint density at radius 2 is 1.83 bits per heavy atom. The van der Waals surface area contributed by atoms with Crippen molar-refractivity contribution in [3.05, 3.63) is 76.1 Å². The molecule has 2 aromatic carbocycles. The Labute approximate surface area is 169 Å². The number of aryl methyl sites for hydroxylation is 2. The molecule has 150 valence electrons. The van der Waals surface area contributed by atoms with Crippen LogP contribution < -0.4 is 0 Å². The highest BCUT2D eigenvalue weighted by molar-refractivity contribution is 6.46. The van der Waals surface area contributed by atoms with Gasteiger partial charge in [-0.2, -0.15) is 0 Å². The number of aliphatic hydroxyl groups excluding tert-OH is 1. The molecule has 1 amide bonds. The molecule has 1 aliphatic heterocycles. The van der Waals surface area contributed by atoms with Crippen LogP contribution in [0.4, 0.5) is 4.39 Å². The van der Waals surface area contributed by atoms with Crippen LogP contribution in [-0.4, -0.2) is 28.2 Å². The molecule has 1 saturated heterocycles. The Morgan fingerprint density at radius 1 is 1.10 bits per heavy atom. The largest absolute Gasteiger partial charge is 0.507 e. The fourth-order valence-corrected chi connectivity index (χ4v) is 4.41. The molecule has 0 radical (unpaired) electrons. The second-order valence-electron chi connectivity index (χ2n) is 7.70. The van der Waals surface area contributed by atoms with E-state index >= 15 is 0 Å². The number of nitrogens with zero attached hydrogens (tertiary/aromatic N) is 1. The number of fused-ring (bicyclic) bond motifs is 1. The van der Waals surface area contributed by atoms with Crippen LogP contribution >= 0.6 is 0 Å². The third kappa shape index (κ3) is 3.35. The van der Waals surface area contributed by atoms with E-state index in [2.05, 4.69) is 0 Å². The van der Waals surface area contributed by atoms with Gasteiger partial charge in [0.25, 0.3) is 11.7 Å². The van der Waals surface area contributed by atoms with Gasteiger partial charge >= 0.3 is 0 Å². The molecule has 0 spiro atoms. The molecule has 0 aromatic heterocycles. The number of carbonyl (C=O) groups is 2. The summed E-state index contributed by atoms with van der Waals surface area (Å²) in [5.41, 5.74) is 3.10. The highest BCUT2D eigenvalue weighted by atomic mass is 19.1. The maximum atomic E-state index is 14.6. The van der Waals surface area contributed by atoms with E-state index in [0.29, 0.717) is 18.5 Å². The molecular formula is C24H24FNO3. The molecule has 0 saturated carbocycles. The van der Waals surface area contributed by atoms with Crippen LogP contribution in [0.15, 0.2) is 48.0 Å². The minimum Gasteiger partial charge on any atom is -0.507 e. The fraction of sp³-hybridized carbons (Fsp3) is 0.333. The molecule has 1 unspecified atom stereocenters. The van der Waals surface area contributed by atoms with E-state index in [-0.39, 0.29) is 16.9 Å². The minimum absolute atomic E-state index is 0.0377. The number of benzene rings is 2. The van der Waals surface area contributed by atoms with Gasteiger partial charge in [0, 0.05) is 17.7 Å². The Kier molecular flexibility index (Phi) is 5.22. The predicted molar refractivity (Wildman–Crippen MR) is 109 cm³/mol. The van der Waals surface area contributed by atoms with E-state index in [0.717, 1.165) is 31.2 Å². The van der Waals surface area contributed by atoms with E-state index in [1.165, 1.54) is 16.5 Å². The maximum absolute atomic E-state index is 14.6. The number of ketones is 1. The van der Waals surface area contributed by atoms with Gasteiger partial charge in [-0.3, -0.25) is 9.59 Å². The molecule has 2 aromatic rings. The average molecular weight is 393 g/mol. The number of hydrogen-bond donors (Lipinski definition) is 1. The standard InChI is InChI=1S/C24H24FNO3/c1-2-13-26-21(18-9-5-6-10-19(18)25)20(23(28)24(26)29)22(27)17-12-11-15-7-3-4-8-16(15)14-17/h5-6,9-12,14,21,27H,2-4,7-8,13H2,1H3/b22-20+. The van der Waals surface area contributed by atoms with E-state index < -0.39 is 23.5 Å². The molecule has 1 aliphatic carbocycles. The van der Waals surface area contributed by atoms with E-state index in [4.69, 9.17) is 0 Å². The van der Waals surface area contributed by atoms with Crippen molar-refractivity contribution in [3.8, 4) is 0 Å². The predicted octanol–water partition coefficient (Wildman–Crippen LogP) is 4.54. The molecule has 5 heteroatoms. The SMILES string of the molecule is CCCN1C(=O)C(=O)/C(=C(/O)c2ccc3c(c2)CCCC3)C1c1ccccc1F. The molecule has 1 fully saturated rings. The molecule has 4 nitrogen and oxygen atoms in total. The summed E-state index contributed by atoms with van der Waals surface area (Å²) in [6.07, 6.45) is 4.79. The van der Waals surface area contributed by atoms with Crippen molar-refractivity contribution >= 4 is 17.4 Å². The lowest BCUT2D eigenvalue weighted by atomic mass is 9.88. The summed E-state index contributed by atoms with van der Waals surface area (Å²) in [5, 5.41) is 11.1. The molecule has 1 heterocycles. The lowest BCUT2D eigenvalue weighted by Gasteiger charge is -2.25. The minimum atomic E-state index is -0.924. The molecular weight excluding hydrogens is 369 g/mol. The first-order chi connectivity index (χ1) is 14.0. The lowest BCUT2D eigenvalue weighted by Crippen LogP contribution is -2.30.